The lowest BCUT2D eigenvalue weighted by Crippen LogP contribution is -2.29. The molecule has 21 heavy (non-hydrogen) atoms. The van der Waals surface area contributed by atoms with E-state index in [-0.39, 0.29) is 11.9 Å². The lowest BCUT2D eigenvalue weighted by atomic mass is 9.98. The fourth-order valence-electron chi connectivity index (χ4n) is 2.50. The van der Waals surface area contributed by atoms with E-state index in [1.165, 1.54) is 16.8 Å². The fraction of sp³-hybridized carbons (Fsp3) is 0.125. The molecule has 1 atom stereocenters. The van der Waals surface area contributed by atoms with Gasteiger partial charge in [-0.15, -0.1) is 11.3 Å². The normalized spacial score (nSPS) is 12.5. The molecule has 0 amide bonds. The summed E-state index contributed by atoms with van der Waals surface area (Å²) in [6.07, 6.45) is 0. The zero-order chi connectivity index (χ0) is 14.8. The molecule has 3 nitrogen and oxygen atoms in total. The van der Waals surface area contributed by atoms with E-state index in [0.717, 1.165) is 10.9 Å². The predicted octanol–water partition coefficient (Wildman–Crippen LogP) is 3.60. The van der Waals surface area contributed by atoms with Gasteiger partial charge in [0.1, 0.15) is 11.6 Å². The molecule has 0 fully saturated rings. The number of benzene rings is 2. The summed E-state index contributed by atoms with van der Waals surface area (Å²) >= 11 is 1.64. The van der Waals surface area contributed by atoms with Gasteiger partial charge in [-0.25, -0.2) is 9.82 Å². The number of rotatable bonds is 4. The van der Waals surface area contributed by atoms with E-state index in [0.29, 0.717) is 11.3 Å². The number of nitrogens with one attached hydrogen (secondary N) is 1. The number of halogens is 1. The Labute approximate surface area is 126 Å². The number of hydrogen-bond acceptors (Lipinski definition) is 4. The van der Waals surface area contributed by atoms with Gasteiger partial charge in [0.15, 0.2) is 0 Å². The predicted molar refractivity (Wildman–Crippen MR) is 83.9 cm³/mol. The van der Waals surface area contributed by atoms with Crippen molar-refractivity contribution in [2.75, 3.05) is 7.11 Å². The standard InChI is InChI=1S/C16H15FN2OS/c1-20-14-7-6-10(17)8-12(14)16(19-18)13-9-21-15-5-3-2-4-11(13)15/h2-9,16,19H,18H2,1H3. The molecule has 0 saturated heterocycles. The van der Waals surface area contributed by atoms with E-state index in [4.69, 9.17) is 10.6 Å². The molecule has 0 aliphatic rings. The first-order chi connectivity index (χ1) is 10.2. The molecule has 0 radical (unpaired) electrons. The molecule has 3 rings (SSSR count). The van der Waals surface area contributed by atoms with E-state index < -0.39 is 0 Å². The van der Waals surface area contributed by atoms with Gasteiger partial charge in [0, 0.05) is 10.3 Å². The second-order valence-electron chi connectivity index (χ2n) is 4.67. The molecule has 3 aromatic rings. The minimum Gasteiger partial charge on any atom is -0.496 e. The summed E-state index contributed by atoms with van der Waals surface area (Å²) in [6.45, 7) is 0. The zero-order valence-corrected chi connectivity index (χ0v) is 12.3. The highest BCUT2D eigenvalue weighted by Gasteiger charge is 2.20. The summed E-state index contributed by atoms with van der Waals surface area (Å²) in [5, 5.41) is 3.15. The van der Waals surface area contributed by atoms with Crippen LogP contribution in [0.2, 0.25) is 0 Å². The van der Waals surface area contributed by atoms with Crippen LogP contribution in [-0.4, -0.2) is 7.11 Å². The largest absolute Gasteiger partial charge is 0.496 e. The molecule has 1 heterocycles. The van der Waals surface area contributed by atoms with Gasteiger partial charge in [-0.2, -0.15) is 0 Å². The maximum absolute atomic E-state index is 13.6. The molecule has 3 N–H and O–H groups in total. The van der Waals surface area contributed by atoms with E-state index in [9.17, 15) is 4.39 Å². The second-order valence-corrected chi connectivity index (χ2v) is 5.58. The van der Waals surface area contributed by atoms with E-state index in [2.05, 4.69) is 11.5 Å². The summed E-state index contributed by atoms with van der Waals surface area (Å²) in [6, 6.07) is 12.2. The smallest absolute Gasteiger partial charge is 0.124 e. The second kappa shape index (κ2) is 5.81. The number of thiophene rings is 1. The van der Waals surface area contributed by atoms with Gasteiger partial charge in [-0.1, -0.05) is 18.2 Å². The lowest BCUT2D eigenvalue weighted by Gasteiger charge is -2.19. The summed E-state index contributed by atoms with van der Waals surface area (Å²) in [7, 11) is 1.57. The summed E-state index contributed by atoms with van der Waals surface area (Å²) in [5.74, 6) is 6.03. The van der Waals surface area contributed by atoms with Crippen molar-refractivity contribution in [3.63, 3.8) is 0 Å². The highest BCUT2D eigenvalue weighted by Crippen LogP contribution is 2.36. The van der Waals surface area contributed by atoms with Crippen molar-refractivity contribution >= 4 is 21.4 Å². The Kier molecular flexibility index (Phi) is 3.88. The Bertz CT molecular complexity index is 772. The summed E-state index contributed by atoms with van der Waals surface area (Å²) in [4.78, 5) is 0. The third kappa shape index (κ3) is 2.51. The van der Waals surface area contributed by atoms with Crippen LogP contribution < -0.4 is 16.0 Å². The maximum Gasteiger partial charge on any atom is 0.124 e. The zero-order valence-electron chi connectivity index (χ0n) is 11.5. The number of hydrogen-bond donors (Lipinski definition) is 2. The molecule has 0 aliphatic carbocycles. The first kappa shape index (κ1) is 14.0. The minimum atomic E-state index is -0.327. The molecular weight excluding hydrogens is 287 g/mol. The van der Waals surface area contributed by atoms with Crippen LogP contribution >= 0.6 is 11.3 Å². The molecule has 0 aliphatic heterocycles. The molecule has 0 bridgehead atoms. The van der Waals surface area contributed by atoms with Crippen LogP contribution in [0.5, 0.6) is 5.75 Å². The van der Waals surface area contributed by atoms with Gasteiger partial charge in [0.05, 0.1) is 13.2 Å². The molecule has 108 valence electrons. The van der Waals surface area contributed by atoms with Gasteiger partial charge in [-0.3, -0.25) is 5.84 Å². The lowest BCUT2D eigenvalue weighted by molar-refractivity contribution is 0.403. The molecule has 0 spiro atoms. The SMILES string of the molecule is COc1ccc(F)cc1C(NN)c1csc2ccccc12. The Balaban J connectivity index is 2.16. The minimum absolute atomic E-state index is 0.314. The van der Waals surface area contributed by atoms with Crippen molar-refractivity contribution in [2.24, 2.45) is 5.84 Å². The quantitative estimate of drug-likeness (QED) is 0.572. The monoisotopic (exact) mass is 302 g/mol. The summed E-state index contributed by atoms with van der Waals surface area (Å²) in [5.41, 5.74) is 4.47. The number of ether oxygens (including phenoxy) is 1. The van der Waals surface area contributed by atoms with E-state index in [1.54, 1.807) is 24.5 Å². The van der Waals surface area contributed by atoms with Gasteiger partial charge in [0.2, 0.25) is 0 Å². The molecule has 2 aromatic carbocycles. The molecule has 1 unspecified atom stereocenters. The van der Waals surface area contributed by atoms with Crippen LogP contribution in [0.3, 0.4) is 0 Å². The van der Waals surface area contributed by atoms with Crippen LogP contribution in [0, 0.1) is 5.82 Å². The van der Waals surface area contributed by atoms with Crippen molar-refractivity contribution in [2.45, 2.75) is 6.04 Å². The fourth-order valence-corrected chi connectivity index (χ4v) is 3.49. The maximum atomic E-state index is 13.6. The Morgan fingerprint density at radius 3 is 2.76 bits per heavy atom. The summed E-state index contributed by atoms with van der Waals surface area (Å²) < 4.78 is 20.1. The van der Waals surface area contributed by atoms with Crippen molar-refractivity contribution in [1.29, 1.82) is 0 Å². The van der Waals surface area contributed by atoms with Crippen molar-refractivity contribution < 1.29 is 9.13 Å². The van der Waals surface area contributed by atoms with E-state index in [1.807, 2.05) is 23.6 Å². The number of hydrazine groups is 1. The molecule has 0 saturated carbocycles. The van der Waals surface area contributed by atoms with Crippen molar-refractivity contribution in [3.05, 3.63) is 64.8 Å². The van der Waals surface area contributed by atoms with Gasteiger partial charge >= 0.3 is 0 Å². The van der Waals surface area contributed by atoms with Crippen LogP contribution in [0.15, 0.2) is 47.8 Å². The number of fused-ring (bicyclic) bond motifs is 1. The van der Waals surface area contributed by atoms with Crippen molar-refractivity contribution in [3.8, 4) is 5.75 Å². The number of nitrogens with two attached hydrogens (primary N) is 1. The van der Waals surface area contributed by atoms with E-state index >= 15 is 0 Å². The average molecular weight is 302 g/mol. The van der Waals surface area contributed by atoms with Crippen LogP contribution in [-0.2, 0) is 0 Å². The van der Waals surface area contributed by atoms with Gasteiger partial charge in [0.25, 0.3) is 0 Å². The topological polar surface area (TPSA) is 47.3 Å². The van der Waals surface area contributed by atoms with Gasteiger partial charge in [-0.05, 0) is 40.6 Å². The first-order valence-corrected chi connectivity index (χ1v) is 7.38. The highest BCUT2D eigenvalue weighted by molar-refractivity contribution is 7.17. The van der Waals surface area contributed by atoms with Crippen LogP contribution in [0.4, 0.5) is 4.39 Å². The molecule has 5 heteroatoms. The van der Waals surface area contributed by atoms with Crippen LogP contribution in [0.1, 0.15) is 17.2 Å². The van der Waals surface area contributed by atoms with Crippen molar-refractivity contribution in [1.82, 2.24) is 5.43 Å². The third-order valence-electron chi connectivity index (χ3n) is 3.49. The first-order valence-electron chi connectivity index (χ1n) is 6.50. The Hall–Kier alpha value is -1.95. The average Bonchev–Trinajstić information content (AvgIpc) is 2.93. The number of methoxy groups -OCH3 is 1. The Morgan fingerprint density at radius 2 is 2.00 bits per heavy atom. The molecule has 1 aromatic heterocycles. The third-order valence-corrected chi connectivity index (χ3v) is 4.47. The van der Waals surface area contributed by atoms with Crippen LogP contribution in [0.25, 0.3) is 10.1 Å². The Morgan fingerprint density at radius 1 is 1.19 bits per heavy atom. The van der Waals surface area contributed by atoms with Gasteiger partial charge < -0.3 is 4.74 Å². The highest BCUT2D eigenvalue weighted by atomic mass is 32.1. The molecular formula is C16H15FN2OS.